The predicted molar refractivity (Wildman–Crippen MR) is 80.6 cm³/mol. The molecule has 126 valence electrons. The summed E-state index contributed by atoms with van der Waals surface area (Å²) in [5.74, 6) is 0.703. The predicted octanol–water partition coefficient (Wildman–Crippen LogP) is -0.0757. The summed E-state index contributed by atoms with van der Waals surface area (Å²) in [4.78, 5) is 23.4. The van der Waals surface area contributed by atoms with Crippen LogP contribution in [-0.2, 0) is 14.3 Å². The Labute approximate surface area is 134 Å². The molecule has 1 aliphatic heterocycles. The van der Waals surface area contributed by atoms with Gasteiger partial charge in [0, 0.05) is 25.8 Å². The van der Waals surface area contributed by atoms with Crippen LogP contribution >= 0.6 is 0 Å². The van der Waals surface area contributed by atoms with Gasteiger partial charge >= 0.3 is 0 Å². The van der Waals surface area contributed by atoms with E-state index in [0.29, 0.717) is 43.4 Å². The van der Waals surface area contributed by atoms with Gasteiger partial charge in [0.1, 0.15) is 6.61 Å². The average molecular weight is 324 g/mol. The number of fused-ring (bicyclic) bond motifs is 1. The molecule has 0 spiro atoms. The summed E-state index contributed by atoms with van der Waals surface area (Å²) >= 11 is 0. The summed E-state index contributed by atoms with van der Waals surface area (Å²) in [7, 11) is 1.56. The molecular weight excluding hydrogens is 304 g/mol. The van der Waals surface area contributed by atoms with Crippen molar-refractivity contribution in [3.8, 4) is 11.5 Å². The van der Waals surface area contributed by atoms with Crippen LogP contribution in [0.15, 0.2) is 18.2 Å². The summed E-state index contributed by atoms with van der Waals surface area (Å²) in [6.07, 6.45) is 0. The third kappa shape index (κ3) is 5.42. The first kappa shape index (κ1) is 17.0. The van der Waals surface area contributed by atoms with Gasteiger partial charge in [-0.15, -0.1) is 0 Å². The third-order valence-corrected chi connectivity index (χ3v) is 3.03. The lowest BCUT2D eigenvalue weighted by molar-refractivity contribution is -0.126. The van der Waals surface area contributed by atoms with Gasteiger partial charge in [-0.3, -0.25) is 9.59 Å². The van der Waals surface area contributed by atoms with Crippen molar-refractivity contribution >= 4 is 11.8 Å². The fourth-order valence-corrected chi connectivity index (χ4v) is 1.88. The second-order valence-corrected chi connectivity index (χ2v) is 4.72. The van der Waals surface area contributed by atoms with Crippen LogP contribution in [0.4, 0.5) is 0 Å². The summed E-state index contributed by atoms with van der Waals surface area (Å²) < 4.78 is 20.3. The maximum Gasteiger partial charge on any atom is 0.251 e. The quantitative estimate of drug-likeness (QED) is 0.617. The summed E-state index contributed by atoms with van der Waals surface area (Å²) in [6, 6.07) is 4.97. The first-order valence-electron chi connectivity index (χ1n) is 7.22. The molecule has 0 bridgehead atoms. The molecule has 2 rings (SSSR count). The third-order valence-electron chi connectivity index (χ3n) is 3.03. The minimum Gasteiger partial charge on any atom is -0.454 e. The molecule has 8 nitrogen and oxygen atoms in total. The molecule has 0 unspecified atom stereocenters. The van der Waals surface area contributed by atoms with E-state index in [1.165, 1.54) is 0 Å². The zero-order valence-corrected chi connectivity index (χ0v) is 12.9. The molecule has 23 heavy (non-hydrogen) atoms. The van der Waals surface area contributed by atoms with Crippen molar-refractivity contribution in [2.45, 2.75) is 0 Å². The van der Waals surface area contributed by atoms with Crippen molar-refractivity contribution in [2.75, 3.05) is 46.8 Å². The lowest BCUT2D eigenvalue weighted by Crippen LogP contribution is -2.36. The van der Waals surface area contributed by atoms with Crippen LogP contribution in [0.5, 0.6) is 11.5 Å². The number of carbonyl (C=O) groups is 2. The van der Waals surface area contributed by atoms with Crippen molar-refractivity contribution in [2.24, 2.45) is 0 Å². The van der Waals surface area contributed by atoms with E-state index >= 15 is 0 Å². The summed E-state index contributed by atoms with van der Waals surface area (Å²) in [6.45, 7) is 1.59. The molecule has 2 amide bonds. The molecule has 0 fully saturated rings. The van der Waals surface area contributed by atoms with Crippen molar-refractivity contribution in [1.29, 1.82) is 0 Å². The van der Waals surface area contributed by atoms with Gasteiger partial charge in [-0.2, -0.15) is 0 Å². The topological polar surface area (TPSA) is 95.1 Å². The number of rotatable bonds is 9. The second kappa shape index (κ2) is 8.96. The van der Waals surface area contributed by atoms with E-state index in [2.05, 4.69) is 10.6 Å². The van der Waals surface area contributed by atoms with Gasteiger partial charge in [-0.1, -0.05) is 0 Å². The van der Waals surface area contributed by atoms with Crippen LogP contribution in [0.25, 0.3) is 0 Å². The molecule has 2 N–H and O–H groups in total. The summed E-state index contributed by atoms with van der Waals surface area (Å²) in [5.41, 5.74) is 0.475. The van der Waals surface area contributed by atoms with Gasteiger partial charge in [-0.05, 0) is 18.2 Å². The molecule has 1 aliphatic rings. The SMILES string of the molecule is COCCOCC(=O)NCCNC(=O)c1ccc2c(c1)OCO2. The van der Waals surface area contributed by atoms with Gasteiger partial charge in [0.25, 0.3) is 5.91 Å². The maximum atomic E-state index is 12.0. The van der Waals surface area contributed by atoms with E-state index in [1.54, 1.807) is 25.3 Å². The normalized spacial score (nSPS) is 12.0. The van der Waals surface area contributed by atoms with Crippen molar-refractivity contribution in [3.63, 3.8) is 0 Å². The lowest BCUT2D eigenvalue weighted by atomic mass is 10.2. The number of carbonyl (C=O) groups excluding carboxylic acids is 2. The molecule has 1 aromatic carbocycles. The lowest BCUT2D eigenvalue weighted by Gasteiger charge is -2.08. The first-order chi connectivity index (χ1) is 11.2. The Morgan fingerprint density at radius 3 is 2.74 bits per heavy atom. The van der Waals surface area contributed by atoms with Crippen LogP contribution in [0.3, 0.4) is 0 Å². The minimum atomic E-state index is -0.242. The average Bonchev–Trinajstić information content (AvgIpc) is 3.03. The Morgan fingerprint density at radius 2 is 1.91 bits per heavy atom. The van der Waals surface area contributed by atoms with Crippen molar-refractivity contribution in [1.82, 2.24) is 10.6 Å². The standard InChI is InChI=1S/C15H20N2O6/c1-20-6-7-21-9-14(18)16-4-5-17-15(19)11-2-3-12-13(8-11)23-10-22-12/h2-3,8H,4-7,9-10H2,1H3,(H,16,18)(H,17,19). The van der Waals surface area contributed by atoms with Crippen LogP contribution in [0.2, 0.25) is 0 Å². The van der Waals surface area contributed by atoms with E-state index in [4.69, 9.17) is 18.9 Å². The molecule has 0 aliphatic carbocycles. The fourth-order valence-electron chi connectivity index (χ4n) is 1.88. The second-order valence-electron chi connectivity index (χ2n) is 4.72. The Hall–Kier alpha value is -2.32. The van der Waals surface area contributed by atoms with Gasteiger partial charge in [-0.25, -0.2) is 0 Å². The molecule has 1 heterocycles. The van der Waals surface area contributed by atoms with Gasteiger partial charge in [0.05, 0.1) is 13.2 Å². The Kier molecular flexibility index (Phi) is 6.64. The number of hydrogen-bond donors (Lipinski definition) is 2. The molecule has 0 radical (unpaired) electrons. The molecule has 0 saturated carbocycles. The smallest absolute Gasteiger partial charge is 0.251 e. The number of benzene rings is 1. The number of methoxy groups -OCH3 is 1. The van der Waals surface area contributed by atoms with E-state index in [-0.39, 0.29) is 25.2 Å². The highest BCUT2D eigenvalue weighted by Gasteiger charge is 2.15. The molecule has 0 saturated heterocycles. The van der Waals surface area contributed by atoms with Crippen molar-refractivity contribution < 1.29 is 28.5 Å². The molecular formula is C15H20N2O6. The Bertz CT molecular complexity index is 549. The van der Waals surface area contributed by atoms with Crippen LogP contribution in [0.1, 0.15) is 10.4 Å². The van der Waals surface area contributed by atoms with Crippen molar-refractivity contribution in [3.05, 3.63) is 23.8 Å². The van der Waals surface area contributed by atoms with E-state index < -0.39 is 0 Å². The highest BCUT2D eigenvalue weighted by molar-refractivity contribution is 5.94. The summed E-state index contributed by atoms with van der Waals surface area (Å²) in [5, 5.41) is 5.35. The largest absolute Gasteiger partial charge is 0.454 e. The first-order valence-corrected chi connectivity index (χ1v) is 7.22. The number of hydrogen-bond acceptors (Lipinski definition) is 6. The van der Waals surface area contributed by atoms with Gasteiger partial charge in [0.15, 0.2) is 11.5 Å². The molecule has 1 aromatic rings. The monoisotopic (exact) mass is 324 g/mol. The Morgan fingerprint density at radius 1 is 1.13 bits per heavy atom. The fraction of sp³-hybridized carbons (Fsp3) is 0.467. The molecule has 0 aromatic heterocycles. The highest BCUT2D eigenvalue weighted by Crippen LogP contribution is 2.32. The maximum absolute atomic E-state index is 12.0. The number of amides is 2. The molecule has 0 atom stereocenters. The van der Waals surface area contributed by atoms with E-state index in [0.717, 1.165) is 0 Å². The highest BCUT2D eigenvalue weighted by atomic mass is 16.7. The zero-order valence-electron chi connectivity index (χ0n) is 12.9. The van der Waals surface area contributed by atoms with Gasteiger partial charge < -0.3 is 29.6 Å². The number of nitrogens with one attached hydrogen (secondary N) is 2. The number of ether oxygens (including phenoxy) is 4. The minimum absolute atomic E-state index is 0.0283. The van der Waals surface area contributed by atoms with Crippen LogP contribution in [-0.4, -0.2) is 58.6 Å². The van der Waals surface area contributed by atoms with E-state index in [9.17, 15) is 9.59 Å². The zero-order chi connectivity index (χ0) is 16.5. The van der Waals surface area contributed by atoms with Crippen LogP contribution < -0.4 is 20.1 Å². The van der Waals surface area contributed by atoms with Gasteiger partial charge in [0.2, 0.25) is 12.7 Å². The molecule has 8 heteroatoms. The van der Waals surface area contributed by atoms with Crippen LogP contribution in [0, 0.1) is 0 Å². The van der Waals surface area contributed by atoms with E-state index in [1.807, 2.05) is 0 Å². The Balaban J connectivity index is 1.62.